The van der Waals surface area contributed by atoms with Gasteiger partial charge < -0.3 is 10.1 Å². The molecule has 180 valence electrons. The molecule has 0 spiro atoms. The zero-order valence-electron chi connectivity index (χ0n) is 19.9. The van der Waals surface area contributed by atoms with Gasteiger partial charge >= 0.3 is 0 Å². The Morgan fingerprint density at radius 1 is 1.00 bits per heavy atom. The molecule has 0 aliphatic carbocycles. The van der Waals surface area contributed by atoms with Crippen LogP contribution in [0.3, 0.4) is 0 Å². The van der Waals surface area contributed by atoms with Crippen molar-refractivity contribution in [3.05, 3.63) is 94.8 Å². The molecular formula is C28H29N3O3S. The molecule has 0 bridgehead atoms. The van der Waals surface area contributed by atoms with E-state index in [1.54, 1.807) is 4.57 Å². The number of amides is 1. The molecule has 4 aromatic rings. The average molecular weight is 488 g/mol. The second kappa shape index (κ2) is 11.7. The number of nitrogens with one attached hydrogen (secondary N) is 1. The Balaban J connectivity index is 1.58. The third kappa shape index (κ3) is 6.11. The van der Waals surface area contributed by atoms with Crippen LogP contribution in [0.4, 0.5) is 5.69 Å². The van der Waals surface area contributed by atoms with Crippen LogP contribution in [-0.4, -0.2) is 27.8 Å². The lowest BCUT2D eigenvalue weighted by molar-refractivity contribution is -0.113. The highest BCUT2D eigenvalue weighted by atomic mass is 32.2. The zero-order valence-corrected chi connectivity index (χ0v) is 20.8. The Labute approximate surface area is 209 Å². The molecule has 0 saturated heterocycles. The van der Waals surface area contributed by atoms with Crippen molar-refractivity contribution >= 4 is 34.3 Å². The van der Waals surface area contributed by atoms with Crippen LogP contribution in [0.15, 0.2) is 88.8 Å². The van der Waals surface area contributed by atoms with Crippen molar-refractivity contribution in [2.24, 2.45) is 0 Å². The summed E-state index contributed by atoms with van der Waals surface area (Å²) in [4.78, 5) is 31.1. The number of ether oxygens (including phenoxy) is 1. The van der Waals surface area contributed by atoms with E-state index in [2.05, 4.69) is 24.4 Å². The van der Waals surface area contributed by atoms with E-state index < -0.39 is 0 Å². The lowest BCUT2D eigenvalue weighted by Crippen LogP contribution is -2.29. The number of fused-ring (bicyclic) bond motifs is 1. The van der Waals surface area contributed by atoms with Gasteiger partial charge in [0.15, 0.2) is 5.16 Å². The summed E-state index contributed by atoms with van der Waals surface area (Å²) in [5.41, 5.74) is 2.41. The Morgan fingerprint density at radius 3 is 2.43 bits per heavy atom. The largest absolute Gasteiger partial charge is 0.494 e. The summed E-state index contributed by atoms with van der Waals surface area (Å²) in [5.74, 6) is 0.734. The fourth-order valence-electron chi connectivity index (χ4n) is 3.98. The molecule has 0 aliphatic rings. The summed E-state index contributed by atoms with van der Waals surface area (Å²) in [5, 5.41) is 4.04. The number of rotatable bonds is 10. The molecule has 1 amide bonds. The van der Waals surface area contributed by atoms with E-state index in [1.165, 1.54) is 11.8 Å². The molecule has 7 heteroatoms. The SMILES string of the molecule is CCOc1ccc(NC(=O)CSc2nc3ccccc3c(=O)n2C(CC)Cc2ccccc2)cc1. The van der Waals surface area contributed by atoms with E-state index in [1.807, 2.05) is 73.7 Å². The summed E-state index contributed by atoms with van der Waals surface area (Å²) in [6.07, 6.45) is 1.48. The second-order valence-electron chi connectivity index (χ2n) is 8.13. The monoisotopic (exact) mass is 487 g/mol. The zero-order chi connectivity index (χ0) is 24.6. The number of benzene rings is 3. The molecule has 0 fully saturated rings. The molecule has 3 aromatic carbocycles. The van der Waals surface area contributed by atoms with Gasteiger partial charge in [-0.2, -0.15) is 0 Å². The topological polar surface area (TPSA) is 73.2 Å². The predicted molar refractivity (Wildman–Crippen MR) is 142 cm³/mol. The maximum atomic E-state index is 13.6. The van der Waals surface area contributed by atoms with Crippen LogP contribution in [0.2, 0.25) is 0 Å². The maximum absolute atomic E-state index is 13.6. The first-order valence-electron chi connectivity index (χ1n) is 11.8. The Kier molecular flexibility index (Phi) is 8.21. The predicted octanol–water partition coefficient (Wildman–Crippen LogP) is 5.72. The van der Waals surface area contributed by atoms with Crippen LogP contribution in [0.25, 0.3) is 10.9 Å². The van der Waals surface area contributed by atoms with E-state index in [9.17, 15) is 9.59 Å². The van der Waals surface area contributed by atoms with Crippen molar-refractivity contribution in [3.8, 4) is 5.75 Å². The third-order valence-corrected chi connectivity index (χ3v) is 6.66. The van der Waals surface area contributed by atoms with E-state index in [0.29, 0.717) is 34.8 Å². The highest BCUT2D eigenvalue weighted by Crippen LogP contribution is 2.25. The van der Waals surface area contributed by atoms with Gasteiger partial charge in [0, 0.05) is 11.7 Å². The maximum Gasteiger partial charge on any atom is 0.262 e. The van der Waals surface area contributed by atoms with Gasteiger partial charge in [-0.25, -0.2) is 4.98 Å². The van der Waals surface area contributed by atoms with Crippen molar-refractivity contribution in [3.63, 3.8) is 0 Å². The van der Waals surface area contributed by atoms with Crippen LogP contribution in [-0.2, 0) is 11.2 Å². The normalized spacial score (nSPS) is 11.8. The minimum atomic E-state index is -0.163. The van der Waals surface area contributed by atoms with Crippen LogP contribution in [0.5, 0.6) is 5.75 Å². The molecular weight excluding hydrogens is 458 g/mol. The summed E-state index contributed by atoms with van der Waals surface area (Å²) in [6.45, 7) is 4.59. The van der Waals surface area contributed by atoms with Crippen LogP contribution >= 0.6 is 11.8 Å². The molecule has 4 rings (SSSR count). The van der Waals surface area contributed by atoms with Gasteiger partial charge in [0.1, 0.15) is 5.75 Å². The number of carbonyl (C=O) groups is 1. The number of aromatic nitrogens is 2. The van der Waals surface area contributed by atoms with Crippen LogP contribution < -0.4 is 15.6 Å². The molecule has 1 atom stereocenters. The molecule has 0 saturated carbocycles. The first-order chi connectivity index (χ1) is 17.1. The Bertz CT molecular complexity index is 1340. The summed E-state index contributed by atoms with van der Waals surface area (Å²) < 4.78 is 7.22. The number of para-hydroxylation sites is 1. The van der Waals surface area contributed by atoms with Gasteiger partial charge in [0.05, 0.1) is 23.3 Å². The molecule has 0 aliphatic heterocycles. The Morgan fingerprint density at radius 2 is 1.71 bits per heavy atom. The van der Waals surface area contributed by atoms with Crippen molar-refractivity contribution in [2.45, 2.75) is 37.9 Å². The van der Waals surface area contributed by atoms with Crippen LogP contribution in [0, 0.1) is 0 Å². The number of anilines is 1. The van der Waals surface area contributed by atoms with E-state index in [0.717, 1.165) is 17.7 Å². The minimum Gasteiger partial charge on any atom is -0.494 e. The van der Waals surface area contributed by atoms with Crippen molar-refractivity contribution in [2.75, 3.05) is 17.7 Å². The standard InChI is InChI=1S/C28H29N3O3S/c1-3-22(18-20-10-6-5-7-11-20)31-27(33)24-12-8-9-13-25(24)30-28(31)35-19-26(32)29-21-14-16-23(17-15-21)34-4-2/h5-17,22H,3-4,18-19H2,1-2H3,(H,29,32). The summed E-state index contributed by atoms with van der Waals surface area (Å²) in [6, 6.07) is 24.7. The summed E-state index contributed by atoms with van der Waals surface area (Å²) in [7, 11) is 0. The molecule has 1 N–H and O–H groups in total. The first-order valence-corrected chi connectivity index (χ1v) is 12.8. The second-order valence-corrected chi connectivity index (χ2v) is 9.08. The lowest BCUT2D eigenvalue weighted by Gasteiger charge is -2.22. The molecule has 1 heterocycles. The molecule has 1 aromatic heterocycles. The highest BCUT2D eigenvalue weighted by molar-refractivity contribution is 7.99. The van der Waals surface area contributed by atoms with Gasteiger partial charge in [-0.15, -0.1) is 0 Å². The third-order valence-electron chi connectivity index (χ3n) is 5.71. The minimum absolute atomic E-state index is 0.0707. The number of nitrogens with zero attached hydrogens (tertiary/aromatic N) is 2. The van der Waals surface area contributed by atoms with Gasteiger partial charge in [-0.3, -0.25) is 14.2 Å². The van der Waals surface area contributed by atoms with Gasteiger partial charge in [0.25, 0.3) is 5.56 Å². The average Bonchev–Trinajstić information content (AvgIpc) is 2.88. The fraction of sp³-hybridized carbons (Fsp3) is 0.250. The van der Waals surface area contributed by atoms with Crippen molar-refractivity contribution in [1.82, 2.24) is 9.55 Å². The quantitative estimate of drug-likeness (QED) is 0.229. The molecule has 0 radical (unpaired) electrons. The van der Waals surface area contributed by atoms with Crippen molar-refractivity contribution in [1.29, 1.82) is 0 Å². The Hall–Kier alpha value is -3.58. The van der Waals surface area contributed by atoms with Crippen molar-refractivity contribution < 1.29 is 9.53 Å². The smallest absolute Gasteiger partial charge is 0.262 e. The number of carbonyl (C=O) groups excluding carboxylic acids is 1. The van der Waals surface area contributed by atoms with Gasteiger partial charge in [-0.05, 0) is 61.7 Å². The summed E-state index contributed by atoms with van der Waals surface area (Å²) >= 11 is 1.28. The number of hydrogen-bond donors (Lipinski definition) is 1. The van der Waals surface area contributed by atoms with Crippen LogP contribution in [0.1, 0.15) is 31.9 Å². The molecule has 6 nitrogen and oxygen atoms in total. The molecule has 1 unspecified atom stereocenters. The first kappa shape index (κ1) is 24.5. The van der Waals surface area contributed by atoms with E-state index in [4.69, 9.17) is 9.72 Å². The van der Waals surface area contributed by atoms with Gasteiger partial charge in [0.2, 0.25) is 5.91 Å². The molecule has 35 heavy (non-hydrogen) atoms. The fourth-order valence-corrected chi connectivity index (χ4v) is 4.85. The number of hydrogen-bond acceptors (Lipinski definition) is 5. The van der Waals surface area contributed by atoms with E-state index >= 15 is 0 Å². The van der Waals surface area contributed by atoms with E-state index in [-0.39, 0.29) is 23.3 Å². The highest BCUT2D eigenvalue weighted by Gasteiger charge is 2.20. The number of thioether (sulfide) groups is 1. The van der Waals surface area contributed by atoms with Gasteiger partial charge in [-0.1, -0.05) is 61.2 Å². The lowest BCUT2D eigenvalue weighted by atomic mass is 10.0.